The van der Waals surface area contributed by atoms with Crippen molar-refractivity contribution in [1.29, 1.82) is 0 Å². The summed E-state index contributed by atoms with van der Waals surface area (Å²) in [5.74, 6) is 0.00909. The first kappa shape index (κ1) is 13.1. The smallest absolute Gasteiger partial charge is 0.258 e. The molecule has 0 radical (unpaired) electrons. The number of hydrogen-bond acceptors (Lipinski definition) is 3. The normalized spacial score (nSPS) is 16.6. The number of nitrogens with zero attached hydrogens (tertiary/aromatic N) is 2. The molecule has 0 spiro atoms. The Morgan fingerprint density at radius 2 is 1.89 bits per heavy atom. The van der Waals surface area contributed by atoms with Crippen molar-refractivity contribution >= 4 is 27.7 Å². The van der Waals surface area contributed by atoms with E-state index < -0.39 is 0 Å². The highest BCUT2D eigenvalue weighted by Crippen LogP contribution is 2.20. The molecule has 5 nitrogen and oxygen atoms in total. The zero-order chi connectivity index (χ0) is 13.1. The number of furan rings is 1. The summed E-state index contributed by atoms with van der Waals surface area (Å²) < 4.78 is 5.53. The van der Waals surface area contributed by atoms with Crippen molar-refractivity contribution < 1.29 is 14.0 Å². The van der Waals surface area contributed by atoms with Crippen molar-refractivity contribution in [3.05, 3.63) is 22.6 Å². The summed E-state index contributed by atoms with van der Waals surface area (Å²) in [5.41, 5.74) is 0.534. The fourth-order valence-corrected chi connectivity index (χ4v) is 2.46. The lowest BCUT2D eigenvalue weighted by molar-refractivity contribution is -0.128. The third-order valence-corrected chi connectivity index (χ3v) is 3.69. The summed E-state index contributed by atoms with van der Waals surface area (Å²) >= 11 is 3.21. The molecule has 0 bridgehead atoms. The Hall–Kier alpha value is -1.30. The Morgan fingerprint density at radius 3 is 2.50 bits per heavy atom. The van der Waals surface area contributed by atoms with Gasteiger partial charge in [0.05, 0.1) is 11.8 Å². The second-order valence-electron chi connectivity index (χ2n) is 4.26. The molecule has 0 saturated carbocycles. The molecule has 18 heavy (non-hydrogen) atoms. The van der Waals surface area contributed by atoms with Crippen LogP contribution < -0.4 is 0 Å². The SMILES string of the molecule is CC(=O)N1CCCN(C(=O)c2ccoc2Br)CC1. The molecule has 1 saturated heterocycles. The molecular weight excluding hydrogens is 300 g/mol. The van der Waals surface area contributed by atoms with E-state index >= 15 is 0 Å². The van der Waals surface area contributed by atoms with Gasteiger partial charge in [0.1, 0.15) is 0 Å². The van der Waals surface area contributed by atoms with Gasteiger partial charge in [-0.25, -0.2) is 0 Å². The average molecular weight is 315 g/mol. The molecule has 0 unspecified atom stereocenters. The summed E-state index contributed by atoms with van der Waals surface area (Å²) in [6.45, 7) is 4.10. The van der Waals surface area contributed by atoms with Crippen LogP contribution in [0.15, 0.2) is 21.4 Å². The van der Waals surface area contributed by atoms with Crippen LogP contribution in [-0.2, 0) is 4.79 Å². The molecule has 0 aromatic carbocycles. The molecule has 2 amide bonds. The minimum absolute atomic E-state index is 0.0546. The van der Waals surface area contributed by atoms with E-state index in [1.807, 2.05) is 0 Å². The number of rotatable bonds is 1. The van der Waals surface area contributed by atoms with Gasteiger partial charge in [-0.05, 0) is 28.4 Å². The van der Waals surface area contributed by atoms with Crippen LogP contribution in [-0.4, -0.2) is 47.8 Å². The van der Waals surface area contributed by atoms with E-state index in [2.05, 4.69) is 15.9 Å². The van der Waals surface area contributed by atoms with E-state index in [1.54, 1.807) is 22.8 Å². The second kappa shape index (κ2) is 5.56. The van der Waals surface area contributed by atoms with Gasteiger partial charge in [-0.3, -0.25) is 9.59 Å². The lowest BCUT2D eigenvalue weighted by Gasteiger charge is -2.20. The molecule has 0 atom stereocenters. The van der Waals surface area contributed by atoms with E-state index in [9.17, 15) is 9.59 Å². The quantitative estimate of drug-likeness (QED) is 0.793. The minimum Gasteiger partial charge on any atom is -0.457 e. The Balaban J connectivity index is 2.04. The zero-order valence-electron chi connectivity index (χ0n) is 10.2. The highest BCUT2D eigenvalue weighted by atomic mass is 79.9. The lowest BCUT2D eigenvalue weighted by Crippen LogP contribution is -2.36. The van der Waals surface area contributed by atoms with Gasteiger partial charge in [0.2, 0.25) is 5.91 Å². The van der Waals surface area contributed by atoms with Crippen LogP contribution in [0.5, 0.6) is 0 Å². The maximum absolute atomic E-state index is 12.2. The van der Waals surface area contributed by atoms with Crippen LogP contribution in [0.4, 0.5) is 0 Å². The van der Waals surface area contributed by atoms with Gasteiger partial charge in [-0.2, -0.15) is 0 Å². The summed E-state index contributed by atoms with van der Waals surface area (Å²) in [6.07, 6.45) is 2.29. The Kier molecular flexibility index (Phi) is 4.06. The molecule has 2 heterocycles. The van der Waals surface area contributed by atoms with Crippen LogP contribution in [0.1, 0.15) is 23.7 Å². The van der Waals surface area contributed by atoms with Gasteiger partial charge in [0.15, 0.2) is 4.67 Å². The number of carbonyl (C=O) groups excluding carboxylic acids is 2. The predicted molar refractivity (Wildman–Crippen MR) is 69.2 cm³/mol. The van der Waals surface area contributed by atoms with Crippen molar-refractivity contribution in [3.8, 4) is 0 Å². The topological polar surface area (TPSA) is 53.8 Å². The molecule has 6 heteroatoms. The van der Waals surface area contributed by atoms with Crippen molar-refractivity contribution in [1.82, 2.24) is 9.80 Å². The Bertz CT molecular complexity index is 458. The van der Waals surface area contributed by atoms with Crippen LogP contribution in [0.3, 0.4) is 0 Å². The van der Waals surface area contributed by atoms with Gasteiger partial charge in [0, 0.05) is 33.1 Å². The molecule has 0 aliphatic carbocycles. The zero-order valence-corrected chi connectivity index (χ0v) is 11.8. The Labute approximate surface area is 114 Å². The second-order valence-corrected chi connectivity index (χ2v) is 4.98. The first-order valence-corrected chi connectivity index (χ1v) is 6.66. The fraction of sp³-hybridized carbons (Fsp3) is 0.500. The molecule has 98 valence electrons. The standard InChI is InChI=1S/C12H15BrN2O3/c1-9(16)14-4-2-5-15(7-6-14)12(17)10-3-8-18-11(10)13/h3,8H,2,4-7H2,1H3. The maximum atomic E-state index is 12.2. The largest absolute Gasteiger partial charge is 0.457 e. The summed E-state index contributed by atoms with van der Waals surface area (Å²) in [5, 5.41) is 0. The molecule has 1 aliphatic heterocycles. The van der Waals surface area contributed by atoms with Crippen LogP contribution in [0, 0.1) is 0 Å². The van der Waals surface area contributed by atoms with Gasteiger partial charge in [-0.15, -0.1) is 0 Å². The van der Waals surface area contributed by atoms with Crippen molar-refractivity contribution in [2.24, 2.45) is 0 Å². The molecule has 1 fully saturated rings. The third kappa shape index (κ3) is 2.75. The number of amides is 2. The number of hydrogen-bond donors (Lipinski definition) is 0. The van der Waals surface area contributed by atoms with Gasteiger partial charge in [0.25, 0.3) is 5.91 Å². The molecule has 0 N–H and O–H groups in total. The monoisotopic (exact) mass is 314 g/mol. The number of halogens is 1. The average Bonchev–Trinajstić information content (AvgIpc) is 2.63. The highest BCUT2D eigenvalue weighted by molar-refractivity contribution is 9.10. The summed E-state index contributed by atoms with van der Waals surface area (Å²) in [7, 11) is 0. The molecule has 1 aromatic rings. The van der Waals surface area contributed by atoms with Crippen LogP contribution >= 0.6 is 15.9 Å². The van der Waals surface area contributed by atoms with Crippen molar-refractivity contribution in [2.75, 3.05) is 26.2 Å². The molecule has 2 rings (SSSR count). The van der Waals surface area contributed by atoms with E-state index in [0.29, 0.717) is 36.4 Å². The van der Waals surface area contributed by atoms with E-state index in [0.717, 1.165) is 6.42 Å². The summed E-state index contributed by atoms with van der Waals surface area (Å²) in [4.78, 5) is 27.1. The van der Waals surface area contributed by atoms with Gasteiger partial charge < -0.3 is 14.2 Å². The van der Waals surface area contributed by atoms with Gasteiger partial charge in [-0.1, -0.05) is 0 Å². The van der Waals surface area contributed by atoms with Gasteiger partial charge >= 0.3 is 0 Å². The lowest BCUT2D eigenvalue weighted by atomic mass is 10.3. The maximum Gasteiger partial charge on any atom is 0.258 e. The van der Waals surface area contributed by atoms with E-state index in [-0.39, 0.29) is 11.8 Å². The molecule has 1 aliphatic rings. The Morgan fingerprint density at radius 1 is 1.22 bits per heavy atom. The van der Waals surface area contributed by atoms with Crippen LogP contribution in [0.2, 0.25) is 0 Å². The predicted octanol–water partition coefficient (Wildman–Crippen LogP) is 1.74. The third-order valence-electron chi connectivity index (χ3n) is 3.08. The minimum atomic E-state index is -0.0546. The van der Waals surface area contributed by atoms with E-state index in [4.69, 9.17) is 4.42 Å². The first-order valence-electron chi connectivity index (χ1n) is 5.87. The molecular formula is C12H15BrN2O3. The first-order chi connectivity index (χ1) is 8.59. The van der Waals surface area contributed by atoms with Crippen molar-refractivity contribution in [2.45, 2.75) is 13.3 Å². The van der Waals surface area contributed by atoms with E-state index in [1.165, 1.54) is 6.26 Å². The summed E-state index contributed by atoms with van der Waals surface area (Å²) in [6, 6.07) is 1.65. The molecule has 1 aromatic heterocycles. The number of carbonyl (C=O) groups is 2. The van der Waals surface area contributed by atoms with Crippen molar-refractivity contribution in [3.63, 3.8) is 0 Å². The highest BCUT2D eigenvalue weighted by Gasteiger charge is 2.23. The fourth-order valence-electron chi connectivity index (χ4n) is 2.05. The van der Waals surface area contributed by atoms with Crippen LogP contribution in [0.25, 0.3) is 0 Å².